The van der Waals surface area contributed by atoms with Gasteiger partial charge >= 0.3 is 0 Å². The SMILES string of the molecule is N#Cc1c(N)nc(CCC=C2CCC2)c(C#N)c1N. The molecule has 19 heavy (non-hydrogen) atoms. The van der Waals surface area contributed by atoms with Gasteiger partial charge in [0.15, 0.2) is 0 Å². The molecule has 5 nitrogen and oxygen atoms in total. The van der Waals surface area contributed by atoms with Crippen LogP contribution in [0.15, 0.2) is 11.6 Å². The van der Waals surface area contributed by atoms with Crippen molar-refractivity contribution in [3.05, 3.63) is 28.5 Å². The largest absolute Gasteiger partial charge is 0.396 e. The first-order valence-corrected chi connectivity index (χ1v) is 6.23. The van der Waals surface area contributed by atoms with Crippen molar-refractivity contribution in [2.24, 2.45) is 0 Å². The number of aryl methyl sites for hydroxylation is 1. The molecule has 0 aromatic carbocycles. The highest BCUT2D eigenvalue weighted by atomic mass is 14.9. The molecular formula is C14H15N5. The van der Waals surface area contributed by atoms with Crippen molar-refractivity contribution in [1.29, 1.82) is 10.5 Å². The molecule has 1 saturated carbocycles. The molecule has 0 radical (unpaired) electrons. The Bertz CT molecular complexity index is 610. The van der Waals surface area contributed by atoms with Crippen LogP contribution in [0.2, 0.25) is 0 Å². The lowest BCUT2D eigenvalue weighted by Crippen LogP contribution is -2.08. The number of nitrogen functional groups attached to an aromatic ring is 2. The van der Waals surface area contributed by atoms with Gasteiger partial charge in [-0.25, -0.2) is 4.98 Å². The summed E-state index contributed by atoms with van der Waals surface area (Å²) in [7, 11) is 0. The molecule has 1 heterocycles. The summed E-state index contributed by atoms with van der Waals surface area (Å²) in [5, 5.41) is 18.1. The molecule has 1 fully saturated rings. The first-order valence-electron chi connectivity index (χ1n) is 6.23. The van der Waals surface area contributed by atoms with Gasteiger partial charge in [-0.3, -0.25) is 0 Å². The van der Waals surface area contributed by atoms with E-state index in [9.17, 15) is 0 Å². The number of anilines is 2. The van der Waals surface area contributed by atoms with Gasteiger partial charge in [0.2, 0.25) is 0 Å². The second-order valence-corrected chi connectivity index (χ2v) is 4.59. The number of nitriles is 2. The van der Waals surface area contributed by atoms with E-state index in [1.165, 1.54) is 24.8 Å². The Morgan fingerprint density at radius 2 is 1.84 bits per heavy atom. The summed E-state index contributed by atoms with van der Waals surface area (Å²) < 4.78 is 0. The predicted octanol–water partition coefficient (Wildman–Crippen LogP) is 2.03. The highest BCUT2D eigenvalue weighted by molar-refractivity contribution is 5.71. The van der Waals surface area contributed by atoms with E-state index in [-0.39, 0.29) is 22.6 Å². The Kier molecular flexibility index (Phi) is 3.68. The highest BCUT2D eigenvalue weighted by Crippen LogP contribution is 2.27. The molecule has 2 rings (SSSR count). The Hall–Kier alpha value is -2.53. The quantitative estimate of drug-likeness (QED) is 0.800. The van der Waals surface area contributed by atoms with Gasteiger partial charge in [0.25, 0.3) is 0 Å². The van der Waals surface area contributed by atoms with Crippen molar-refractivity contribution in [1.82, 2.24) is 4.98 Å². The fourth-order valence-corrected chi connectivity index (χ4v) is 2.10. The van der Waals surface area contributed by atoms with Crippen LogP contribution >= 0.6 is 0 Å². The van der Waals surface area contributed by atoms with E-state index >= 15 is 0 Å². The molecular weight excluding hydrogens is 238 g/mol. The van der Waals surface area contributed by atoms with E-state index in [0.29, 0.717) is 12.1 Å². The number of allylic oxidation sites excluding steroid dienone is 2. The number of hydrogen-bond donors (Lipinski definition) is 2. The summed E-state index contributed by atoms with van der Waals surface area (Å²) in [6.07, 6.45) is 7.25. The van der Waals surface area contributed by atoms with Crippen molar-refractivity contribution < 1.29 is 0 Å². The number of aromatic nitrogens is 1. The molecule has 0 atom stereocenters. The van der Waals surface area contributed by atoms with E-state index in [2.05, 4.69) is 11.1 Å². The summed E-state index contributed by atoms with van der Waals surface area (Å²) in [4.78, 5) is 4.14. The van der Waals surface area contributed by atoms with Gasteiger partial charge in [-0.15, -0.1) is 0 Å². The van der Waals surface area contributed by atoms with Gasteiger partial charge in [0.1, 0.15) is 23.5 Å². The molecule has 0 aliphatic heterocycles. The maximum Gasteiger partial charge on any atom is 0.143 e. The fraction of sp³-hybridized carbons (Fsp3) is 0.357. The van der Waals surface area contributed by atoms with Crippen molar-refractivity contribution in [3.8, 4) is 12.1 Å². The zero-order valence-electron chi connectivity index (χ0n) is 10.6. The smallest absolute Gasteiger partial charge is 0.143 e. The lowest BCUT2D eigenvalue weighted by atomic mass is 9.91. The fourth-order valence-electron chi connectivity index (χ4n) is 2.10. The number of hydrogen-bond acceptors (Lipinski definition) is 5. The van der Waals surface area contributed by atoms with Crippen LogP contribution < -0.4 is 11.5 Å². The van der Waals surface area contributed by atoms with E-state index < -0.39 is 0 Å². The van der Waals surface area contributed by atoms with Crippen LogP contribution in [-0.4, -0.2) is 4.98 Å². The Balaban J connectivity index is 2.25. The average molecular weight is 253 g/mol. The Morgan fingerprint density at radius 3 is 2.37 bits per heavy atom. The molecule has 1 aliphatic rings. The average Bonchev–Trinajstić information content (AvgIpc) is 2.32. The zero-order chi connectivity index (χ0) is 13.8. The molecule has 96 valence electrons. The summed E-state index contributed by atoms with van der Waals surface area (Å²) in [6.45, 7) is 0. The summed E-state index contributed by atoms with van der Waals surface area (Å²) in [5.74, 6) is 0.102. The molecule has 0 spiro atoms. The number of nitrogens with zero attached hydrogens (tertiary/aromatic N) is 3. The van der Waals surface area contributed by atoms with Gasteiger partial charge in [0, 0.05) is 0 Å². The minimum Gasteiger partial charge on any atom is -0.396 e. The summed E-state index contributed by atoms with van der Waals surface area (Å²) >= 11 is 0. The maximum absolute atomic E-state index is 9.14. The molecule has 0 bridgehead atoms. The third kappa shape index (κ3) is 2.51. The van der Waals surface area contributed by atoms with E-state index in [1.807, 2.05) is 12.1 Å². The second kappa shape index (κ2) is 5.41. The number of pyridine rings is 1. The first kappa shape index (κ1) is 12.9. The van der Waals surface area contributed by atoms with Gasteiger partial charge in [-0.2, -0.15) is 10.5 Å². The lowest BCUT2D eigenvalue weighted by molar-refractivity contribution is 0.655. The molecule has 4 N–H and O–H groups in total. The second-order valence-electron chi connectivity index (χ2n) is 4.59. The van der Waals surface area contributed by atoms with Crippen molar-refractivity contribution in [2.75, 3.05) is 11.5 Å². The van der Waals surface area contributed by atoms with Crippen LogP contribution in [0, 0.1) is 22.7 Å². The van der Waals surface area contributed by atoms with Crippen LogP contribution in [-0.2, 0) is 6.42 Å². The van der Waals surface area contributed by atoms with Crippen molar-refractivity contribution in [2.45, 2.75) is 32.1 Å². The van der Waals surface area contributed by atoms with Gasteiger partial charge in [0.05, 0.1) is 16.9 Å². The highest BCUT2D eigenvalue weighted by Gasteiger charge is 2.16. The minimum absolute atomic E-state index is 0.0950. The van der Waals surface area contributed by atoms with Gasteiger partial charge in [-0.05, 0) is 32.1 Å². The molecule has 1 aromatic heterocycles. The standard InChI is InChI=1S/C14H15N5/c15-7-10-12(6-2-5-9-3-1-4-9)19-14(18)11(8-16)13(10)17/h5H,1-4,6H2,(H4,17,18,19). The van der Waals surface area contributed by atoms with Crippen LogP contribution in [0.3, 0.4) is 0 Å². The van der Waals surface area contributed by atoms with Crippen molar-refractivity contribution in [3.63, 3.8) is 0 Å². The topological polar surface area (TPSA) is 113 Å². The summed E-state index contributed by atoms with van der Waals surface area (Å²) in [6, 6.07) is 3.90. The normalized spacial score (nSPS) is 13.3. The molecule has 0 amide bonds. The van der Waals surface area contributed by atoms with E-state index in [1.54, 1.807) is 0 Å². The van der Waals surface area contributed by atoms with Gasteiger partial charge < -0.3 is 11.5 Å². The van der Waals surface area contributed by atoms with Crippen LogP contribution in [0.5, 0.6) is 0 Å². The van der Waals surface area contributed by atoms with Crippen LogP contribution in [0.1, 0.15) is 42.5 Å². The third-order valence-corrected chi connectivity index (χ3v) is 3.37. The Morgan fingerprint density at radius 1 is 1.16 bits per heavy atom. The van der Waals surface area contributed by atoms with Crippen molar-refractivity contribution >= 4 is 11.5 Å². The number of nitrogens with two attached hydrogens (primary N) is 2. The monoisotopic (exact) mass is 253 g/mol. The van der Waals surface area contributed by atoms with Crippen LogP contribution in [0.4, 0.5) is 11.5 Å². The number of rotatable bonds is 3. The summed E-state index contributed by atoms with van der Waals surface area (Å²) in [5.41, 5.74) is 14.0. The maximum atomic E-state index is 9.14. The molecule has 1 aliphatic carbocycles. The lowest BCUT2D eigenvalue weighted by Gasteiger charge is -2.16. The molecule has 5 heteroatoms. The molecule has 0 unspecified atom stereocenters. The van der Waals surface area contributed by atoms with Crippen LogP contribution in [0.25, 0.3) is 0 Å². The van der Waals surface area contributed by atoms with E-state index in [4.69, 9.17) is 22.0 Å². The Labute approximate surface area is 112 Å². The zero-order valence-corrected chi connectivity index (χ0v) is 10.6. The minimum atomic E-state index is 0.0950. The molecule has 1 aromatic rings. The van der Waals surface area contributed by atoms with E-state index in [0.717, 1.165) is 6.42 Å². The third-order valence-electron chi connectivity index (χ3n) is 3.37. The van der Waals surface area contributed by atoms with Gasteiger partial charge in [-0.1, -0.05) is 11.6 Å². The first-order chi connectivity index (χ1) is 9.17. The predicted molar refractivity (Wildman–Crippen MR) is 72.7 cm³/mol. The molecule has 0 saturated heterocycles.